The molecule has 0 saturated carbocycles. The van der Waals surface area contributed by atoms with E-state index in [1.54, 1.807) is 0 Å². The first-order valence-corrected chi connectivity index (χ1v) is 6.00. The van der Waals surface area contributed by atoms with Gasteiger partial charge in [0, 0.05) is 0 Å². The van der Waals surface area contributed by atoms with E-state index in [4.69, 9.17) is 4.74 Å². The van der Waals surface area contributed by atoms with E-state index in [0.717, 1.165) is 17.7 Å². The number of nitriles is 1. The van der Waals surface area contributed by atoms with Gasteiger partial charge in [0.05, 0.1) is 19.3 Å². The Morgan fingerprint density at radius 3 is 2.94 bits per heavy atom. The first-order chi connectivity index (χ1) is 8.18. The van der Waals surface area contributed by atoms with Gasteiger partial charge in [-0.1, -0.05) is 38.1 Å². The largest absolute Gasteiger partial charge is 0.373 e. The molecule has 3 heteroatoms. The highest BCUT2D eigenvalue weighted by Gasteiger charge is 2.37. The molecule has 1 unspecified atom stereocenters. The fraction of sp³-hybridized carbons (Fsp3) is 0.500. The van der Waals surface area contributed by atoms with Gasteiger partial charge in [-0.15, -0.1) is 0 Å². The SMILES string of the molecule is CC(C)CNC1(C#N)COCc2ccccc21. The predicted molar refractivity (Wildman–Crippen MR) is 66.2 cm³/mol. The number of hydrogen-bond donors (Lipinski definition) is 1. The fourth-order valence-electron chi connectivity index (χ4n) is 2.11. The lowest BCUT2D eigenvalue weighted by Crippen LogP contribution is -2.49. The molecular weight excluding hydrogens is 212 g/mol. The van der Waals surface area contributed by atoms with Crippen LogP contribution in [0.25, 0.3) is 0 Å². The van der Waals surface area contributed by atoms with Crippen LogP contribution in [0.1, 0.15) is 25.0 Å². The molecule has 1 N–H and O–H groups in total. The zero-order valence-corrected chi connectivity index (χ0v) is 10.4. The molecule has 1 aliphatic heterocycles. The summed E-state index contributed by atoms with van der Waals surface area (Å²) in [5.74, 6) is 0.509. The molecular formula is C14H18N2O. The van der Waals surface area contributed by atoms with E-state index in [1.807, 2.05) is 24.3 Å². The van der Waals surface area contributed by atoms with E-state index in [0.29, 0.717) is 19.1 Å². The lowest BCUT2D eigenvalue weighted by molar-refractivity contribution is 0.0571. The van der Waals surface area contributed by atoms with E-state index in [9.17, 15) is 5.26 Å². The Hall–Kier alpha value is -1.37. The van der Waals surface area contributed by atoms with Gasteiger partial charge in [0.1, 0.15) is 0 Å². The minimum absolute atomic E-state index is 0.424. The molecule has 0 spiro atoms. The van der Waals surface area contributed by atoms with E-state index in [1.165, 1.54) is 0 Å². The summed E-state index contributed by atoms with van der Waals surface area (Å²) < 4.78 is 5.55. The second kappa shape index (κ2) is 4.87. The second-order valence-electron chi connectivity index (χ2n) is 4.94. The average Bonchev–Trinajstić information content (AvgIpc) is 2.36. The molecule has 90 valence electrons. The molecule has 0 aliphatic carbocycles. The third-order valence-electron chi connectivity index (χ3n) is 3.06. The van der Waals surface area contributed by atoms with Crippen LogP contribution in [0.4, 0.5) is 0 Å². The van der Waals surface area contributed by atoms with Crippen molar-refractivity contribution in [1.82, 2.24) is 5.32 Å². The zero-order chi connectivity index (χ0) is 12.3. The Morgan fingerprint density at radius 2 is 2.24 bits per heavy atom. The van der Waals surface area contributed by atoms with Crippen molar-refractivity contribution in [2.75, 3.05) is 13.2 Å². The highest BCUT2D eigenvalue weighted by atomic mass is 16.5. The molecule has 1 aromatic carbocycles. The third-order valence-corrected chi connectivity index (χ3v) is 3.06. The lowest BCUT2D eigenvalue weighted by atomic mass is 9.86. The molecule has 0 aromatic heterocycles. The molecule has 0 fully saturated rings. The Morgan fingerprint density at radius 1 is 1.47 bits per heavy atom. The Kier molecular flexibility index (Phi) is 3.46. The van der Waals surface area contributed by atoms with Crippen molar-refractivity contribution in [3.05, 3.63) is 35.4 Å². The molecule has 0 bridgehead atoms. The van der Waals surface area contributed by atoms with Gasteiger partial charge >= 0.3 is 0 Å². The Bertz CT molecular complexity index is 436. The molecule has 2 rings (SSSR count). The van der Waals surface area contributed by atoms with Crippen LogP contribution < -0.4 is 5.32 Å². The molecule has 0 amide bonds. The van der Waals surface area contributed by atoms with Crippen LogP contribution in [0, 0.1) is 17.2 Å². The van der Waals surface area contributed by atoms with Gasteiger partial charge in [0.25, 0.3) is 0 Å². The van der Waals surface area contributed by atoms with Gasteiger partial charge in [-0.2, -0.15) is 5.26 Å². The topological polar surface area (TPSA) is 45.0 Å². The van der Waals surface area contributed by atoms with Crippen LogP contribution in [0.3, 0.4) is 0 Å². The van der Waals surface area contributed by atoms with E-state index in [-0.39, 0.29) is 0 Å². The summed E-state index contributed by atoms with van der Waals surface area (Å²) in [6.07, 6.45) is 0. The van der Waals surface area contributed by atoms with Gasteiger partial charge in [0.15, 0.2) is 5.54 Å². The van der Waals surface area contributed by atoms with Crippen molar-refractivity contribution in [1.29, 1.82) is 5.26 Å². The number of ether oxygens (including phenoxy) is 1. The zero-order valence-electron chi connectivity index (χ0n) is 10.4. The molecule has 1 atom stereocenters. The number of nitrogens with one attached hydrogen (secondary N) is 1. The number of benzene rings is 1. The summed E-state index contributed by atoms with van der Waals surface area (Å²) in [7, 11) is 0. The van der Waals surface area contributed by atoms with Gasteiger partial charge in [-0.25, -0.2) is 0 Å². The summed E-state index contributed by atoms with van der Waals surface area (Å²) in [4.78, 5) is 0. The highest BCUT2D eigenvalue weighted by Crippen LogP contribution is 2.29. The summed E-state index contributed by atoms with van der Waals surface area (Å²) >= 11 is 0. The second-order valence-corrected chi connectivity index (χ2v) is 4.94. The predicted octanol–water partition coefficient (Wildman–Crippen LogP) is 2.18. The Balaban J connectivity index is 2.33. The minimum Gasteiger partial charge on any atom is -0.373 e. The molecule has 1 aromatic rings. The van der Waals surface area contributed by atoms with Gasteiger partial charge in [-0.05, 0) is 23.6 Å². The summed E-state index contributed by atoms with van der Waals surface area (Å²) in [6, 6.07) is 10.4. The molecule has 0 radical (unpaired) electrons. The van der Waals surface area contributed by atoms with Crippen LogP contribution in [-0.2, 0) is 16.9 Å². The maximum atomic E-state index is 9.51. The van der Waals surface area contributed by atoms with E-state index in [2.05, 4.69) is 25.2 Å². The Labute approximate surface area is 102 Å². The smallest absolute Gasteiger partial charge is 0.156 e. The molecule has 1 aliphatic rings. The van der Waals surface area contributed by atoms with Crippen LogP contribution in [-0.4, -0.2) is 13.2 Å². The van der Waals surface area contributed by atoms with Crippen molar-refractivity contribution >= 4 is 0 Å². The van der Waals surface area contributed by atoms with Crippen LogP contribution in [0.2, 0.25) is 0 Å². The molecule has 0 saturated heterocycles. The van der Waals surface area contributed by atoms with Gasteiger partial charge < -0.3 is 4.74 Å². The monoisotopic (exact) mass is 230 g/mol. The first kappa shape index (κ1) is 12.1. The number of rotatable bonds is 3. The summed E-state index contributed by atoms with van der Waals surface area (Å²) in [5, 5.41) is 12.9. The summed E-state index contributed by atoms with van der Waals surface area (Å²) in [5.41, 5.74) is 1.49. The lowest BCUT2D eigenvalue weighted by Gasteiger charge is -2.34. The minimum atomic E-state index is -0.681. The molecule has 1 heterocycles. The van der Waals surface area contributed by atoms with Gasteiger partial charge in [0.2, 0.25) is 0 Å². The normalized spacial score (nSPS) is 23.2. The maximum absolute atomic E-state index is 9.51. The van der Waals surface area contributed by atoms with Crippen molar-refractivity contribution < 1.29 is 4.74 Å². The third kappa shape index (κ3) is 2.33. The fourth-order valence-corrected chi connectivity index (χ4v) is 2.11. The first-order valence-electron chi connectivity index (χ1n) is 6.00. The number of hydrogen-bond acceptors (Lipinski definition) is 3. The summed E-state index contributed by atoms with van der Waals surface area (Å²) in [6.45, 7) is 6.10. The van der Waals surface area contributed by atoms with Gasteiger partial charge in [-0.3, -0.25) is 5.32 Å². The van der Waals surface area contributed by atoms with Crippen molar-refractivity contribution in [2.45, 2.75) is 26.0 Å². The van der Waals surface area contributed by atoms with Crippen molar-refractivity contribution in [2.24, 2.45) is 5.92 Å². The molecule has 17 heavy (non-hydrogen) atoms. The van der Waals surface area contributed by atoms with Crippen molar-refractivity contribution in [3.63, 3.8) is 0 Å². The van der Waals surface area contributed by atoms with E-state index >= 15 is 0 Å². The standard InChI is InChI=1S/C14H18N2O/c1-11(2)7-16-14(9-15)10-17-8-12-5-3-4-6-13(12)14/h3-6,11,16H,7-8,10H2,1-2H3. The van der Waals surface area contributed by atoms with Crippen LogP contribution in [0.15, 0.2) is 24.3 Å². The number of nitrogens with zero attached hydrogens (tertiary/aromatic N) is 1. The molecule has 3 nitrogen and oxygen atoms in total. The highest BCUT2D eigenvalue weighted by molar-refractivity contribution is 5.40. The quantitative estimate of drug-likeness (QED) is 0.865. The van der Waals surface area contributed by atoms with E-state index < -0.39 is 5.54 Å². The van der Waals surface area contributed by atoms with Crippen LogP contribution in [0.5, 0.6) is 0 Å². The van der Waals surface area contributed by atoms with Crippen molar-refractivity contribution in [3.8, 4) is 6.07 Å². The maximum Gasteiger partial charge on any atom is 0.156 e. The average molecular weight is 230 g/mol. The number of fused-ring (bicyclic) bond motifs is 1. The van der Waals surface area contributed by atoms with Crippen LogP contribution >= 0.6 is 0 Å².